The van der Waals surface area contributed by atoms with Crippen LogP contribution in [0, 0.1) is 46.3 Å². The lowest BCUT2D eigenvalue weighted by Gasteiger charge is -2.59. The largest absolute Gasteiger partial charge is 0.393 e. The molecule has 6 rings (SSSR count). The summed E-state index contributed by atoms with van der Waals surface area (Å²) in [6, 6.07) is 0. The minimum Gasteiger partial charge on any atom is -0.393 e. The van der Waals surface area contributed by atoms with Crippen LogP contribution < -0.4 is 0 Å². The third kappa shape index (κ3) is 8.41. The van der Waals surface area contributed by atoms with E-state index < -0.39 is 85.8 Å². The van der Waals surface area contributed by atoms with Gasteiger partial charge in [-0.3, -0.25) is 0 Å². The number of ether oxygens (including phenoxy) is 6. The van der Waals surface area contributed by atoms with Crippen LogP contribution in [-0.2, 0) is 28.4 Å². The zero-order chi connectivity index (χ0) is 41.7. The number of rotatable bonds is 16. The van der Waals surface area contributed by atoms with Crippen LogP contribution in [0.1, 0.15) is 99.3 Å². The van der Waals surface area contributed by atoms with Crippen LogP contribution in [0.5, 0.6) is 0 Å². The molecule has 57 heavy (non-hydrogen) atoms. The summed E-state index contributed by atoms with van der Waals surface area (Å²) in [6.07, 6.45) is -9.36. The molecule has 8 N–H and O–H groups in total. The van der Waals surface area contributed by atoms with Crippen molar-refractivity contribution < 1.29 is 69.3 Å². The Morgan fingerprint density at radius 3 is 2.04 bits per heavy atom. The quantitative estimate of drug-likeness (QED) is 0.105. The molecule has 0 radical (unpaired) electrons. The number of methoxy groups -OCH3 is 2. The van der Waals surface area contributed by atoms with E-state index in [1.54, 1.807) is 0 Å². The fraction of sp³-hybridized carbons (Fsp3) is 0.953. The summed E-state index contributed by atoms with van der Waals surface area (Å²) >= 11 is 0. The maximum atomic E-state index is 12.0. The molecule has 14 heteroatoms. The average Bonchev–Trinajstić information content (AvgIpc) is 3.75. The number of hydrogen-bond acceptors (Lipinski definition) is 14. The summed E-state index contributed by atoms with van der Waals surface area (Å²) in [6.45, 7) is 13.2. The van der Waals surface area contributed by atoms with Gasteiger partial charge in [0, 0.05) is 14.2 Å². The number of hydrogen-bond donors (Lipinski definition) is 8. The molecular formula is C43H74O14. The average molecular weight is 815 g/mol. The van der Waals surface area contributed by atoms with E-state index in [2.05, 4.69) is 41.5 Å². The molecule has 2 heterocycles. The SMILES string of the molecule is CC[C@H](CC[C@@H](C)[C@H]1[C@H](O[C@@H]2O[C@@H]([C@H](O)COC)[C@H](O[C@@H]3O[C@@H]([C@H](O)COC)[C@H](O)[C@H]3O)[C@H]2O)CC2=C3[C@@H](O)[C@@H](O)[C@H]4C[C@H](O)CC[C@]4(C)[C@H]3CC[C@@]21C)C(C)C. The summed E-state index contributed by atoms with van der Waals surface area (Å²) in [4.78, 5) is 0. The highest BCUT2D eigenvalue weighted by Crippen LogP contribution is 2.66. The lowest BCUT2D eigenvalue weighted by Crippen LogP contribution is -2.58. The van der Waals surface area contributed by atoms with Crippen LogP contribution >= 0.6 is 0 Å². The minimum absolute atomic E-state index is 0.0371. The van der Waals surface area contributed by atoms with Gasteiger partial charge in [0.1, 0.15) is 54.9 Å². The molecule has 4 aliphatic carbocycles. The van der Waals surface area contributed by atoms with E-state index in [0.29, 0.717) is 31.1 Å². The van der Waals surface area contributed by atoms with Gasteiger partial charge in [-0.15, -0.1) is 0 Å². The third-order valence-corrected chi connectivity index (χ3v) is 15.7. The van der Waals surface area contributed by atoms with Crippen LogP contribution in [0.25, 0.3) is 0 Å². The predicted octanol–water partition coefficient (Wildman–Crippen LogP) is 2.04. The summed E-state index contributed by atoms with van der Waals surface area (Å²) in [7, 11) is 2.81. The molecule has 3 saturated carbocycles. The Labute approximate surface area is 338 Å². The fourth-order valence-corrected chi connectivity index (χ4v) is 12.5. The van der Waals surface area contributed by atoms with E-state index in [0.717, 1.165) is 49.7 Å². The van der Waals surface area contributed by atoms with Crippen LogP contribution in [0.4, 0.5) is 0 Å². The van der Waals surface area contributed by atoms with E-state index >= 15 is 0 Å². The van der Waals surface area contributed by atoms with Crippen molar-refractivity contribution in [3.63, 3.8) is 0 Å². The van der Waals surface area contributed by atoms with Crippen molar-refractivity contribution >= 4 is 0 Å². The first-order valence-corrected chi connectivity index (χ1v) is 21.7. The van der Waals surface area contributed by atoms with Crippen molar-refractivity contribution in [1.29, 1.82) is 0 Å². The highest BCUT2D eigenvalue weighted by Gasteiger charge is 2.63. The third-order valence-electron chi connectivity index (χ3n) is 15.7. The Morgan fingerprint density at radius 1 is 0.772 bits per heavy atom. The molecule has 0 aromatic rings. The zero-order valence-corrected chi connectivity index (χ0v) is 35.4. The van der Waals surface area contributed by atoms with Gasteiger partial charge in [-0.25, -0.2) is 0 Å². The zero-order valence-electron chi connectivity index (χ0n) is 35.4. The first kappa shape index (κ1) is 45.7. The van der Waals surface area contributed by atoms with Gasteiger partial charge in [-0.05, 0) is 96.9 Å². The number of aliphatic hydroxyl groups is 8. The molecule has 2 saturated heterocycles. The van der Waals surface area contributed by atoms with Gasteiger partial charge in [0.2, 0.25) is 0 Å². The first-order chi connectivity index (χ1) is 26.9. The van der Waals surface area contributed by atoms with Crippen LogP contribution in [0.3, 0.4) is 0 Å². The van der Waals surface area contributed by atoms with Gasteiger partial charge in [-0.2, -0.15) is 0 Å². The van der Waals surface area contributed by atoms with E-state index in [4.69, 9.17) is 28.4 Å². The smallest absolute Gasteiger partial charge is 0.187 e. The standard InChI is InChI=1S/C43H74O14/c1-9-22(20(2)3)11-10-21(4)31-29(17-25-30-24(13-15-43(25,31)6)42(5)14-12-23(44)16-26(42)32(47)33(30)48)54-41-36(51)39(38(56-41)28(46)19-53-8)57-40-35(50)34(49)37(55-40)27(45)18-52-7/h20-24,26-29,31-41,44-51H,9-19H2,1-8H3/t21-,22-,23-,24+,26-,27-,28-,29-,31+,32+,33-,34-,35-,36-,37+,38+,39-,40+,41-,42-,43+/m1/s1. The molecule has 330 valence electrons. The second kappa shape index (κ2) is 18.3. The topological polar surface area (TPSA) is 217 Å². The monoisotopic (exact) mass is 815 g/mol. The van der Waals surface area contributed by atoms with Gasteiger partial charge >= 0.3 is 0 Å². The van der Waals surface area contributed by atoms with Crippen LogP contribution in [0.2, 0.25) is 0 Å². The van der Waals surface area contributed by atoms with Crippen molar-refractivity contribution in [2.75, 3.05) is 27.4 Å². The van der Waals surface area contributed by atoms with Crippen molar-refractivity contribution in [1.82, 2.24) is 0 Å². The minimum atomic E-state index is -1.58. The summed E-state index contributed by atoms with van der Waals surface area (Å²) in [5.74, 6) is 1.09. The highest BCUT2D eigenvalue weighted by atomic mass is 16.8. The summed E-state index contributed by atoms with van der Waals surface area (Å²) in [5.41, 5.74) is 1.38. The Hall–Kier alpha value is -0.820. The Morgan fingerprint density at radius 2 is 1.40 bits per heavy atom. The molecular weight excluding hydrogens is 740 g/mol. The molecule has 0 spiro atoms. The predicted molar refractivity (Wildman–Crippen MR) is 207 cm³/mol. The van der Waals surface area contributed by atoms with Crippen molar-refractivity contribution in [2.24, 2.45) is 46.3 Å². The molecule has 0 aromatic heterocycles. The van der Waals surface area contributed by atoms with Gasteiger partial charge in [-0.1, -0.05) is 60.0 Å². The van der Waals surface area contributed by atoms with Crippen molar-refractivity contribution in [3.8, 4) is 0 Å². The summed E-state index contributed by atoms with van der Waals surface area (Å²) < 4.78 is 35.3. The molecule has 5 fully saturated rings. The van der Waals surface area contributed by atoms with Crippen LogP contribution in [-0.4, -0.2) is 154 Å². The van der Waals surface area contributed by atoms with Gasteiger partial charge in [0.05, 0.1) is 31.5 Å². The lowest BCUT2D eigenvalue weighted by molar-refractivity contribution is -0.226. The molecule has 14 nitrogen and oxygen atoms in total. The Balaban J connectivity index is 1.32. The van der Waals surface area contributed by atoms with Gasteiger partial charge in [0.25, 0.3) is 0 Å². The molecule has 0 amide bonds. The Kier molecular flexibility index (Phi) is 14.6. The number of fused-ring (bicyclic) bond motifs is 4. The Bertz CT molecular complexity index is 1360. The van der Waals surface area contributed by atoms with E-state index in [9.17, 15) is 40.9 Å². The lowest BCUT2D eigenvalue weighted by atomic mass is 9.47. The molecule has 0 aromatic carbocycles. The van der Waals surface area contributed by atoms with E-state index in [1.807, 2.05) is 0 Å². The first-order valence-electron chi connectivity index (χ1n) is 21.7. The van der Waals surface area contributed by atoms with Crippen molar-refractivity contribution in [2.45, 2.75) is 185 Å². The van der Waals surface area contributed by atoms with E-state index in [-0.39, 0.29) is 47.7 Å². The van der Waals surface area contributed by atoms with Crippen molar-refractivity contribution in [3.05, 3.63) is 11.1 Å². The molecule has 2 aliphatic heterocycles. The second-order valence-electron chi connectivity index (χ2n) is 19.3. The van der Waals surface area contributed by atoms with Gasteiger partial charge < -0.3 is 69.3 Å². The molecule has 0 bridgehead atoms. The number of aliphatic hydroxyl groups excluding tert-OH is 8. The molecule has 0 unspecified atom stereocenters. The summed E-state index contributed by atoms with van der Waals surface area (Å²) in [5, 5.41) is 89.5. The maximum absolute atomic E-state index is 12.0. The molecule has 21 atom stereocenters. The normalized spacial score (nSPS) is 46.8. The highest BCUT2D eigenvalue weighted by molar-refractivity contribution is 5.39. The van der Waals surface area contributed by atoms with Crippen LogP contribution in [0.15, 0.2) is 11.1 Å². The maximum Gasteiger partial charge on any atom is 0.187 e. The van der Waals surface area contributed by atoms with Gasteiger partial charge in [0.15, 0.2) is 12.6 Å². The second-order valence-corrected chi connectivity index (χ2v) is 19.3. The van der Waals surface area contributed by atoms with E-state index in [1.165, 1.54) is 14.2 Å². The molecule has 6 aliphatic rings. The fourth-order valence-electron chi connectivity index (χ4n) is 12.5.